The van der Waals surface area contributed by atoms with Crippen LogP contribution in [0, 0.1) is 19.8 Å². The highest BCUT2D eigenvalue weighted by Crippen LogP contribution is 2.47. The topological polar surface area (TPSA) is 105 Å². The minimum absolute atomic E-state index is 0.291. The number of rotatable bonds is 13. The van der Waals surface area contributed by atoms with E-state index in [1.165, 1.54) is 0 Å². The summed E-state index contributed by atoms with van der Waals surface area (Å²) in [6.45, 7) is 17.9. The van der Waals surface area contributed by atoms with Gasteiger partial charge in [-0.2, -0.15) is 0 Å². The molecule has 0 amide bonds. The van der Waals surface area contributed by atoms with Crippen LogP contribution in [0.3, 0.4) is 0 Å². The molecule has 0 saturated carbocycles. The number of carbonyl (C=O) groups excluding carboxylic acids is 4. The predicted molar refractivity (Wildman–Crippen MR) is 200 cm³/mol. The summed E-state index contributed by atoms with van der Waals surface area (Å²) in [6.07, 6.45) is 10.5. The third-order valence-corrected chi connectivity index (χ3v) is 8.27. The molecule has 5 rings (SSSR count). The molecular formula is C44H36O8. The third-order valence-electron chi connectivity index (χ3n) is 8.27. The molecule has 8 nitrogen and oxygen atoms in total. The summed E-state index contributed by atoms with van der Waals surface area (Å²) in [5, 5.41) is 0. The second-order valence-electron chi connectivity index (χ2n) is 11.8. The van der Waals surface area contributed by atoms with Gasteiger partial charge in [0, 0.05) is 47.3 Å². The molecule has 260 valence electrons. The number of allylic oxidation sites excluding steroid dienone is 4. The molecule has 4 aromatic rings. The highest BCUT2D eigenvalue weighted by atomic mass is 16.5. The zero-order chi connectivity index (χ0) is 37.4. The smallest absolute Gasteiger partial charge is 0.335 e. The van der Waals surface area contributed by atoms with E-state index in [4.69, 9.17) is 18.9 Å². The second kappa shape index (κ2) is 16.3. The lowest BCUT2D eigenvalue weighted by molar-refractivity contribution is -0.129. The Morgan fingerprint density at radius 2 is 1.12 bits per heavy atom. The fourth-order valence-electron chi connectivity index (χ4n) is 5.98. The summed E-state index contributed by atoms with van der Waals surface area (Å²) in [7, 11) is 0. The number of esters is 4. The largest absolute Gasteiger partial charge is 0.423 e. The van der Waals surface area contributed by atoms with E-state index in [0.29, 0.717) is 34.1 Å². The van der Waals surface area contributed by atoms with Crippen molar-refractivity contribution in [2.24, 2.45) is 5.92 Å². The maximum atomic E-state index is 12.7. The third kappa shape index (κ3) is 8.49. The van der Waals surface area contributed by atoms with E-state index in [2.05, 4.69) is 32.4 Å². The highest BCUT2D eigenvalue weighted by Gasteiger charge is 2.32. The normalized spacial score (nSPS) is 13.6. The number of ether oxygens (including phenoxy) is 4. The minimum atomic E-state index is -0.643. The molecule has 1 aliphatic rings. The molecular weight excluding hydrogens is 656 g/mol. The van der Waals surface area contributed by atoms with Crippen molar-refractivity contribution in [1.82, 2.24) is 0 Å². The summed E-state index contributed by atoms with van der Waals surface area (Å²) < 4.78 is 22.2. The molecule has 0 spiro atoms. The Balaban J connectivity index is 1.69. The van der Waals surface area contributed by atoms with Crippen molar-refractivity contribution in [3.63, 3.8) is 0 Å². The Bertz CT molecular complexity index is 2150. The van der Waals surface area contributed by atoms with Crippen molar-refractivity contribution in [2.75, 3.05) is 0 Å². The molecule has 0 N–H and O–H groups in total. The number of benzene rings is 4. The lowest BCUT2D eigenvalue weighted by atomic mass is 9.78. The van der Waals surface area contributed by atoms with Gasteiger partial charge < -0.3 is 18.9 Å². The summed E-state index contributed by atoms with van der Waals surface area (Å²) >= 11 is 0. The van der Waals surface area contributed by atoms with Gasteiger partial charge in [0.15, 0.2) is 0 Å². The van der Waals surface area contributed by atoms with E-state index in [1.807, 2.05) is 74.5 Å². The van der Waals surface area contributed by atoms with Crippen LogP contribution in [0.5, 0.6) is 23.0 Å². The average Bonchev–Trinajstić information content (AvgIpc) is 3.63. The summed E-state index contributed by atoms with van der Waals surface area (Å²) in [5.74, 6) is -1.87. The zero-order valence-corrected chi connectivity index (χ0v) is 28.8. The van der Waals surface area contributed by atoms with Crippen molar-refractivity contribution >= 4 is 29.5 Å². The number of carbonyl (C=O) groups is 4. The van der Waals surface area contributed by atoms with Crippen molar-refractivity contribution in [1.29, 1.82) is 0 Å². The maximum Gasteiger partial charge on any atom is 0.335 e. The minimum Gasteiger partial charge on any atom is -0.423 e. The molecule has 0 bridgehead atoms. The summed E-state index contributed by atoms with van der Waals surface area (Å²) in [4.78, 5) is 48.8. The highest BCUT2D eigenvalue weighted by molar-refractivity contribution is 5.86. The predicted octanol–water partition coefficient (Wildman–Crippen LogP) is 8.74. The number of aryl methyl sites for hydroxylation is 2. The van der Waals surface area contributed by atoms with Crippen LogP contribution in [-0.4, -0.2) is 23.9 Å². The van der Waals surface area contributed by atoms with E-state index in [9.17, 15) is 19.2 Å². The van der Waals surface area contributed by atoms with Crippen LogP contribution in [0.15, 0.2) is 148 Å². The van der Waals surface area contributed by atoms with Crippen molar-refractivity contribution in [2.45, 2.75) is 19.8 Å². The van der Waals surface area contributed by atoms with Crippen LogP contribution in [0.25, 0.3) is 16.7 Å². The van der Waals surface area contributed by atoms with E-state index in [0.717, 1.165) is 57.7 Å². The fourth-order valence-corrected chi connectivity index (χ4v) is 5.98. The lowest BCUT2D eigenvalue weighted by Crippen LogP contribution is -2.17. The van der Waals surface area contributed by atoms with Gasteiger partial charge in [0.1, 0.15) is 23.0 Å². The zero-order valence-electron chi connectivity index (χ0n) is 28.8. The Hall–Kier alpha value is -6.80. The van der Waals surface area contributed by atoms with Gasteiger partial charge in [-0.05, 0) is 78.1 Å². The SMILES string of the molecule is C=CC(=O)Oc1ccc(C2=CC(C(c3cc(-c4ccc(OC(=O)C=C)cc4)ccc3OC(=O)C=C)c3cc(C)cc(C)c3OC(=O)C=C)C=C2)cc1. The van der Waals surface area contributed by atoms with Crippen molar-refractivity contribution < 1.29 is 38.1 Å². The van der Waals surface area contributed by atoms with Gasteiger partial charge in [0.05, 0.1) is 0 Å². The lowest BCUT2D eigenvalue weighted by Gasteiger charge is -2.28. The van der Waals surface area contributed by atoms with Gasteiger partial charge >= 0.3 is 23.9 Å². The molecule has 0 aromatic heterocycles. The Morgan fingerprint density at radius 3 is 1.69 bits per heavy atom. The molecule has 52 heavy (non-hydrogen) atoms. The molecule has 8 heteroatoms. The van der Waals surface area contributed by atoms with Crippen LogP contribution >= 0.6 is 0 Å². The molecule has 0 aliphatic heterocycles. The maximum absolute atomic E-state index is 12.7. The van der Waals surface area contributed by atoms with Gasteiger partial charge in [0.2, 0.25) is 0 Å². The first-order chi connectivity index (χ1) is 25.0. The van der Waals surface area contributed by atoms with Crippen LogP contribution in [0.4, 0.5) is 0 Å². The first-order valence-electron chi connectivity index (χ1n) is 16.3. The van der Waals surface area contributed by atoms with Crippen LogP contribution in [0.1, 0.15) is 33.7 Å². The van der Waals surface area contributed by atoms with E-state index in [1.54, 1.807) is 30.3 Å². The Kier molecular flexibility index (Phi) is 11.4. The van der Waals surface area contributed by atoms with Crippen LogP contribution < -0.4 is 18.9 Å². The number of hydrogen-bond acceptors (Lipinski definition) is 8. The first-order valence-corrected chi connectivity index (χ1v) is 16.3. The molecule has 0 saturated heterocycles. The molecule has 2 atom stereocenters. The molecule has 0 radical (unpaired) electrons. The summed E-state index contributed by atoms with van der Waals surface area (Å²) in [6, 6.07) is 23.4. The van der Waals surface area contributed by atoms with Gasteiger partial charge in [-0.15, -0.1) is 0 Å². The Labute approximate surface area is 302 Å². The summed E-state index contributed by atoms with van der Waals surface area (Å²) in [5.41, 5.74) is 6.34. The standard InChI is InChI=1S/C44H36O8/c1-7-39(45)49-34-18-13-29(14-19-34)31-11-12-33(25-31)43(37-24-27(5)23-28(6)44(37)52-42(48)10-4)36-26-32(17-22-38(36)51-41(47)9-3)30-15-20-35(21-16-30)50-40(46)8-2/h7-26,33,43H,1-4H2,5-6H3. The van der Waals surface area contributed by atoms with Gasteiger partial charge in [-0.1, -0.05) is 92.6 Å². The molecule has 1 aliphatic carbocycles. The average molecular weight is 693 g/mol. The van der Waals surface area contributed by atoms with Gasteiger partial charge in [0.25, 0.3) is 0 Å². The first kappa shape index (κ1) is 36.5. The Morgan fingerprint density at radius 1 is 0.596 bits per heavy atom. The van der Waals surface area contributed by atoms with Crippen LogP contribution in [-0.2, 0) is 19.2 Å². The van der Waals surface area contributed by atoms with E-state index < -0.39 is 29.8 Å². The molecule has 2 unspecified atom stereocenters. The van der Waals surface area contributed by atoms with Gasteiger partial charge in [-0.3, -0.25) is 0 Å². The van der Waals surface area contributed by atoms with E-state index in [-0.39, 0.29) is 5.92 Å². The van der Waals surface area contributed by atoms with E-state index >= 15 is 0 Å². The van der Waals surface area contributed by atoms with Gasteiger partial charge in [-0.25, -0.2) is 19.2 Å². The van der Waals surface area contributed by atoms with Crippen molar-refractivity contribution in [3.05, 3.63) is 176 Å². The monoisotopic (exact) mass is 692 g/mol. The quantitative estimate of drug-likeness (QED) is 0.0779. The molecule has 0 heterocycles. The fraction of sp³-hybridized carbons (Fsp3) is 0.0909. The number of hydrogen-bond donors (Lipinski definition) is 0. The molecule has 0 fully saturated rings. The molecule has 4 aromatic carbocycles. The second-order valence-corrected chi connectivity index (χ2v) is 11.8. The van der Waals surface area contributed by atoms with Crippen molar-refractivity contribution in [3.8, 4) is 34.1 Å². The van der Waals surface area contributed by atoms with Crippen LogP contribution in [0.2, 0.25) is 0 Å².